The number of para-hydroxylation sites is 1. The molecule has 23 heavy (non-hydrogen) atoms. The summed E-state index contributed by atoms with van der Waals surface area (Å²) in [4.78, 5) is 12.1. The van der Waals surface area contributed by atoms with E-state index in [0.717, 1.165) is 15.9 Å². The lowest BCUT2D eigenvalue weighted by Gasteiger charge is -2.06. The molecule has 0 unspecified atom stereocenters. The minimum Gasteiger partial charge on any atom is -0.316 e. The fourth-order valence-electron chi connectivity index (χ4n) is 2.19. The fourth-order valence-corrected chi connectivity index (χ4v) is 2.65. The van der Waals surface area contributed by atoms with Gasteiger partial charge in [0.2, 0.25) is 0 Å². The van der Waals surface area contributed by atoms with Crippen molar-refractivity contribution in [3.8, 4) is 5.69 Å². The lowest BCUT2D eigenvalue weighted by Crippen LogP contribution is -2.18. The molecule has 4 nitrogen and oxygen atoms in total. The van der Waals surface area contributed by atoms with Crippen molar-refractivity contribution in [3.63, 3.8) is 0 Å². The molecule has 5 heteroatoms. The van der Waals surface area contributed by atoms with Crippen LogP contribution in [0.5, 0.6) is 0 Å². The summed E-state index contributed by atoms with van der Waals surface area (Å²) in [7, 11) is 0. The third kappa shape index (κ3) is 3.57. The minimum atomic E-state index is -0.258. The van der Waals surface area contributed by atoms with Crippen molar-refractivity contribution in [1.82, 2.24) is 9.99 Å². The number of hydrogen-bond acceptors (Lipinski definition) is 2. The highest BCUT2D eigenvalue weighted by Gasteiger charge is 2.07. The second-order valence-electron chi connectivity index (χ2n) is 4.82. The first-order valence-corrected chi connectivity index (χ1v) is 7.86. The zero-order valence-corrected chi connectivity index (χ0v) is 13.8. The zero-order chi connectivity index (χ0) is 16.1. The summed E-state index contributed by atoms with van der Waals surface area (Å²) in [5.74, 6) is -0.258. The summed E-state index contributed by atoms with van der Waals surface area (Å²) in [6.45, 7) is 0. The Hall–Kier alpha value is -2.66. The second kappa shape index (κ2) is 7.07. The summed E-state index contributed by atoms with van der Waals surface area (Å²) in [6.07, 6.45) is 3.58. The number of rotatable bonds is 4. The maximum atomic E-state index is 12.1. The first-order chi connectivity index (χ1) is 11.3. The monoisotopic (exact) mass is 367 g/mol. The molecular weight excluding hydrogens is 354 g/mol. The van der Waals surface area contributed by atoms with E-state index >= 15 is 0 Å². The molecule has 0 fully saturated rings. The Kier molecular flexibility index (Phi) is 4.68. The van der Waals surface area contributed by atoms with Gasteiger partial charge in [-0.05, 0) is 52.3 Å². The molecule has 114 valence electrons. The molecule has 0 aliphatic rings. The highest BCUT2D eigenvalue weighted by atomic mass is 79.9. The van der Waals surface area contributed by atoms with E-state index in [9.17, 15) is 4.79 Å². The van der Waals surface area contributed by atoms with Crippen LogP contribution in [0.3, 0.4) is 0 Å². The van der Waals surface area contributed by atoms with E-state index in [1.165, 1.54) is 0 Å². The van der Waals surface area contributed by atoms with E-state index in [1.807, 2.05) is 71.4 Å². The smallest absolute Gasteiger partial charge is 0.272 e. The van der Waals surface area contributed by atoms with Crippen molar-refractivity contribution in [2.75, 3.05) is 0 Å². The molecule has 2 aromatic carbocycles. The molecule has 0 saturated carbocycles. The van der Waals surface area contributed by atoms with Gasteiger partial charge in [0, 0.05) is 16.4 Å². The number of benzene rings is 2. The van der Waals surface area contributed by atoms with E-state index in [4.69, 9.17) is 0 Å². The van der Waals surface area contributed by atoms with Gasteiger partial charge in [0.05, 0.1) is 17.5 Å². The van der Waals surface area contributed by atoms with Gasteiger partial charge >= 0.3 is 0 Å². The number of carbonyl (C=O) groups excluding carboxylic acids is 1. The van der Waals surface area contributed by atoms with Crippen LogP contribution in [0.2, 0.25) is 0 Å². The van der Waals surface area contributed by atoms with E-state index in [0.29, 0.717) is 5.56 Å². The third-order valence-corrected chi connectivity index (χ3v) is 3.99. The first kappa shape index (κ1) is 15.2. The molecule has 0 atom stereocenters. The van der Waals surface area contributed by atoms with Crippen LogP contribution in [0, 0.1) is 0 Å². The highest BCUT2D eigenvalue weighted by Crippen LogP contribution is 2.15. The van der Waals surface area contributed by atoms with Gasteiger partial charge in [0.25, 0.3) is 5.91 Å². The SMILES string of the molecule is O=C(N/N=C\c1cccn1-c1ccccc1)c1ccccc1Br. The summed E-state index contributed by atoms with van der Waals surface area (Å²) in [5.41, 5.74) is 5.00. The first-order valence-electron chi connectivity index (χ1n) is 7.06. The van der Waals surface area contributed by atoms with Crippen LogP contribution in [0.15, 0.2) is 82.5 Å². The average Bonchev–Trinajstić information content (AvgIpc) is 3.04. The number of nitrogens with zero attached hydrogens (tertiary/aromatic N) is 2. The fraction of sp³-hybridized carbons (Fsp3) is 0. The van der Waals surface area contributed by atoms with Crippen molar-refractivity contribution in [2.45, 2.75) is 0 Å². The minimum absolute atomic E-state index is 0.258. The number of amides is 1. The molecule has 1 aromatic heterocycles. The van der Waals surface area contributed by atoms with Crippen molar-refractivity contribution >= 4 is 28.1 Å². The van der Waals surface area contributed by atoms with Gasteiger partial charge in [-0.15, -0.1) is 0 Å². The largest absolute Gasteiger partial charge is 0.316 e. The molecular formula is C18H14BrN3O. The molecule has 0 saturated heterocycles. The molecule has 3 rings (SSSR count). The Morgan fingerprint density at radius 2 is 1.74 bits per heavy atom. The number of aromatic nitrogens is 1. The van der Waals surface area contributed by atoms with Gasteiger partial charge in [-0.25, -0.2) is 5.43 Å². The van der Waals surface area contributed by atoms with Crippen LogP contribution in [0.25, 0.3) is 5.69 Å². The molecule has 0 aliphatic carbocycles. The summed E-state index contributed by atoms with van der Waals surface area (Å²) >= 11 is 3.35. The Balaban J connectivity index is 1.74. The van der Waals surface area contributed by atoms with E-state index in [2.05, 4.69) is 26.5 Å². The Morgan fingerprint density at radius 1 is 1.00 bits per heavy atom. The summed E-state index contributed by atoms with van der Waals surface area (Å²) < 4.78 is 2.73. The number of halogens is 1. The molecule has 0 bridgehead atoms. The Labute approximate surface area is 142 Å². The maximum Gasteiger partial charge on any atom is 0.272 e. The maximum absolute atomic E-state index is 12.1. The molecule has 1 heterocycles. The normalized spacial score (nSPS) is 10.8. The van der Waals surface area contributed by atoms with Gasteiger partial charge in [0.15, 0.2) is 0 Å². The van der Waals surface area contributed by atoms with Gasteiger partial charge in [-0.2, -0.15) is 5.10 Å². The third-order valence-electron chi connectivity index (χ3n) is 3.30. The predicted molar refractivity (Wildman–Crippen MR) is 95.0 cm³/mol. The van der Waals surface area contributed by atoms with E-state index < -0.39 is 0 Å². The molecule has 0 radical (unpaired) electrons. The van der Waals surface area contributed by atoms with Crippen molar-refractivity contribution < 1.29 is 4.79 Å². The van der Waals surface area contributed by atoms with Crippen molar-refractivity contribution in [1.29, 1.82) is 0 Å². The van der Waals surface area contributed by atoms with Gasteiger partial charge < -0.3 is 4.57 Å². The lowest BCUT2D eigenvalue weighted by atomic mass is 10.2. The number of hydrogen-bond donors (Lipinski definition) is 1. The Bertz CT molecular complexity index is 840. The average molecular weight is 368 g/mol. The van der Waals surface area contributed by atoms with E-state index in [1.54, 1.807) is 12.3 Å². The number of carbonyl (C=O) groups is 1. The number of hydrazone groups is 1. The number of nitrogens with one attached hydrogen (secondary N) is 1. The highest BCUT2D eigenvalue weighted by molar-refractivity contribution is 9.10. The molecule has 0 aliphatic heterocycles. The zero-order valence-electron chi connectivity index (χ0n) is 12.2. The van der Waals surface area contributed by atoms with Crippen LogP contribution >= 0.6 is 15.9 Å². The van der Waals surface area contributed by atoms with Crippen LogP contribution in [-0.2, 0) is 0 Å². The van der Waals surface area contributed by atoms with Crippen LogP contribution in [0.1, 0.15) is 16.1 Å². The quantitative estimate of drug-likeness (QED) is 0.549. The lowest BCUT2D eigenvalue weighted by molar-refractivity contribution is 0.0954. The molecule has 1 N–H and O–H groups in total. The van der Waals surface area contributed by atoms with Crippen LogP contribution in [0.4, 0.5) is 0 Å². The van der Waals surface area contributed by atoms with Gasteiger partial charge in [0.1, 0.15) is 0 Å². The van der Waals surface area contributed by atoms with Gasteiger partial charge in [-0.3, -0.25) is 4.79 Å². The van der Waals surface area contributed by atoms with Gasteiger partial charge in [-0.1, -0.05) is 30.3 Å². The molecule has 1 amide bonds. The topological polar surface area (TPSA) is 46.4 Å². The van der Waals surface area contributed by atoms with Crippen LogP contribution in [-0.4, -0.2) is 16.7 Å². The Morgan fingerprint density at radius 3 is 2.52 bits per heavy atom. The second-order valence-corrected chi connectivity index (χ2v) is 5.67. The molecule has 3 aromatic rings. The van der Waals surface area contributed by atoms with Crippen molar-refractivity contribution in [2.24, 2.45) is 5.10 Å². The summed E-state index contributed by atoms with van der Waals surface area (Å²) in [6, 6.07) is 21.0. The van der Waals surface area contributed by atoms with E-state index in [-0.39, 0.29) is 5.91 Å². The standard InChI is InChI=1S/C18H14BrN3O/c19-17-11-5-4-10-16(17)18(23)21-20-13-15-9-6-12-22(15)14-7-2-1-3-8-14/h1-13H,(H,21,23)/b20-13-. The van der Waals surface area contributed by atoms with Crippen molar-refractivity contribution in [3.05, 3.63) is 88.7 Å². The molecule has 0 spiro atoms. The van der Waals surface area contributed by atoms with Crippen LogP contribution < -0.4 is 5.43 Å². The summed E-state index contributed by atoms with van der Waals surface area (Å²) in [5, 5.41) is 4.05. The predicted octanol–water partition coefficient (Wildman–Crippen LogP) is 4.00.